The maximum absolute atomic E-state index is 12.1. The highest BCUT2D eigenvalue weighted by molar-refractivity contribution is 6.31. The summed E-state index contributed by atoms with van der Waals surface area (Å²) in [5.74, 6) is 2.67. The number of benzene rings is 2. The van der Waals surface area contributed by atoms with Gasteiger partial charge < -0.3 is 24.4 Å². The summed E-state index contributed by atoms with van der Waals surface area (Å²) in [6, 6.07) is 11.5. The van der Waals surface area contributed by atoms with Gasteiger partial charge in [0.2, 0.25) is 12.7 Å². The number of carbonyl (C=O) groups excluding carboxylic acids is 1. The van der Waals surface area contributed by atoms with Crippen LogP contribution in [0.25, 0.3) is 10.9 Å². The molecule has 33 heavy (non-hydrogen) atoms. The molecule has 2 aliphatic rings. The number of fused-ring (bicyclic) bond motifs is 2. The van der Waals surface area contributed by atoms with E-state index in [2.05, 4.69) is 10.2 Å². The second kappa shape index (κ2) is 9.31. The smallest absolute Gasteiger partial charge is 0.309 e. The Morgan fingerprint density at radius 2 is 1.97 bits per heavy atom. The quantitative estimate of drug-likeness (QED) is 0.532. The molecule has 1 aromatic heterocycles. The van der Waals surface area contributed by atoms with E-state index in [0.29, 0.717) is 43.0 Å². The van der Waals surface area contributed by atoms with Gasteiger partial charge in [-0.15, -0.1) is 0 Å². The zero-order valence-electron chi connectivity index (χ0n) is 18.3. The van der Waals surface area contributed by atoms with Crippen LogP contribution in [0, 0.1) is 5.92 Å². The standard InChI is InChI=1S/C24H25ClN4O4/c1-2-31-23(30)16-7-9-29(10-8-16)24-27-19-5-4-17(25)12-18(19)22(28-24)26-13-15-3-6-20-21(11-15)33-14-32-20/h3-6,11-12,16H,2,7-10,13-14H2,1H3,(H,26,27,28). The maximum Gasteiger partial charge on any atom is 0.309 e. The zero-order valence-corrected chi connectivity index (χ0v) is 19.1. The summed E-state index contributed by atoms with van der Waals surface area (Å²) in [6.45, 7) is 4.44. The summed E-state index contributed by atoms with van der Waals surface area (Å²) >= 11 is 6.26. The average Bonchev–Trinajstić information content (AvgIpc) is 3.31. The van der Waals surface area contributed by atoms with Crippen molar-refractivity contribution in [3.05, 3.63) is 47.0 Å². The van der Waals surface area contributed by atoms with Gasteiger partial charge in [0.25, 0.3) is 0 Å². The fourth-order valence-electron chi connectivity index (χ4n) is 4.18. The molecule has 5 rings (SSSR count). The van der Waals surface area contributed by atoms with Crippen LogP contribution in [0.5, 0.6) is 11.5 Å². The van der Waals surface area contributed by atoms with E-state index >= 15 is 0 Å². The number of nitrogens with one attached hydrogen (secondary N) is 1. The van der Waals surface area contributed by atoms with Crippen LogP contribution in [-0.2, 0) is 16.1 Å². The molecule has 9 heteroatoms. The Bertz CT molecular complexity index is 1180. The van der Waals surface area contributed by atoms with Crippen molar-refractivity contribution in [3.63, 3.8) is 0 Å². The molecule has 3 aromatic rings. The first kappa shape index (κ1) is 21.6. The molecule has 3 heterocycles. The lowest BCUT2D eigenvalue weighted by Crippen LogP contribution is -2.38. The average molecular weight is 469 g/mol. The first-order valence-corrected chi connectivity index (χ1v) is 11.5. The fourth-order valence-corrected chi connectivity index (χ4v) is 4.35. The van der Waals surface area contributed by atoms with Crippen LogP contribution in [0.1, 0.15) is 25.3 Å². The van der Waals surface area contributed by atoms with E-state index in [1.165, 1.54) is 0 Å². The van der Waals surface area contributed by atoms with Gasteiger partial charge >= 0.3 is 5.97 Å². The number of hydrogen-bond donors (Lipinski definition) is 1. The van der Waals surface area contributed by atoms with Crippen molar-refractivity contribution >= 4 is 40.2 Å². The van der Waals surface area contributed by atoms with Crippen molar-refractivity contribution in [2.45, 2.75) is 26.3 Å². The number of aromatic nitrogens is 2. The molecular formula is C24H25ClN4O4. The predicted octanol–water partition coefficient (Wildman–Crippen LogP) is 4.40. The molecule has 8 nitrogen and oxygen atoms in total. The van der Waals surface area contributed by atoms with Gasteiger partial charge in [0, 0.05) is 30.0 Å². The first-order chi connectivity index (χ1) is 16.1. The third-order valence-electron chi connectivity index (χ3n) is 5.94. The number of ether oxygens (including phenoxy) is 3. The molecule has 0 unspecified atom stereocenters. The Morgan fingerprint density at radius 3 is 2.79 bits per heavy atom. The number of esters is 1. The van der Waals surface area contributed by atoms with Gasteiger partial charge in [-0.05, 0) is 55.7 Å². The van der Waals surface area contributed by atoms with E-state index in [9.17, 15) is 4.79 Å². The molecule has 0 saturated carbocycles. The Balaban J connectivity index is 1.37. The summed E-state index contributed by atoms with van der Waals surface area (Å²) < 4.78 is 16.1. The van der Waals surface area contributed by atoms with Crippen LogP contribution in [0.3, 0.4) is 0 Å². The molecule has 1 N–H and O–H groups in total. The van der Waals surface area contributed by atoms with Gasteiger partial charge in [-0.2, -0.15) is 4.98 Å². The molecule has 0 spiro atoms. The third-order valence-corrected chi connectivity index (χ3v) is 6.18. The molecular weight excluding hydrogens is 444 g/mol. The topological polar surface area (TPSA) is 85.8 Å². The van der Waals surface area contributed by atoms with Crippen molar-refractivity contribution in [2.24, 2.45) is 5.92 Å². The summed E-state index contributed by atoms with van der Waals surface area (Å²) in [6.07, 6.45) is 1.45. The number of nitrogens with zero attached hydrogens (tertiary/aromatic N) is 3. The molecule has 0 atom stereocenters. The third kappa shape index (κ3) is 4.61. The normalized spacial score (nSPS) is 15.6. The minimum absolute atomic E-state index is 0.0657. The highest BCUT2D eigenvalue weighted by Gasteiger charge is 2.27. The Kier molecular flexibility index (Phi) is 6.09. The van der Waals surface area contributed by atoms with E-state index in [4.69, 9.17) is 35.8 Å². The number of carbonyl (C=O) groups is 1. The Morgan fingerprint density at radius 1 is 1.15 bits per heavy atom. The molecule has 1 saturated heterocycles. The Hall–Kier alpha value is -3.26. The second-order valence-corrected chi connectivity index (χ2v) is 8.52. The van der Waals surface area contributed by atoms with Crippen molar-refractivity contribution in [2.75, 3.05) is 36.7 Å². The number of halogens is 1. The summed E-state index contributed by atoms with van der Waals surface area (Å²) in [5.41, 5.74) is 1.86. The fraction of sp³-hybridized carbons (Fsp3) is 0.375. The zero-order chi connectivity index (χ0) is 22.8. The largest absolute Gasteiger partial charge is 0.466 e. The van der Waals surface area contributed by atoms with E-state index < -0.39 is 0 Å². The highest BCUT2D eigenvalue weighted by Crippen LogP contribution is 2.33. The molecule has 2 aromatic carbocycles. The maximum atomic E-state index is 12.1. The molecule has 2 aliphatic heterocycles. The SMILES string of the molecule is CCOC(=O)C1CCN(c2nc(NCc3ccc4c(c3)OCO4)c3cc(Cl)ccc3n2)CC1. The van der Waals surface area contributed by atoms with Gasteiger partial charge in [0.15, 0.2) is 11.5 Å². The number of hydrogen-bond acceptors (Lipinski definition) is 8. The summed E-state index contributed by atoms with van der Waals surface area (Å²) in [7, 11) is 0. The lowest BCUT2D eigenvalue weighted by molar-refractivity contribution is -0.148. The molecule has 1 fully saturated rings. The van der Waals surface area contributed by atoms with Crippen molar-refractivity contribution in [1.29, 1.82) is 0 Å². The number of piperidine rings is 1. The molecule has 172 valence electrons. The van der Waals surface area contributed by atoms with Crippen LogP contribution in [0.15, 0.2) is 36.4 Å². The van der Waals surface area contributed by atoms with Gasteiger partial charge in [0.1, 0.15) is 5.82 Å². The summed E-state index contributed by atoms with van der Waals surface area (Å²) in [5, 5.41) is 4.92. The van der Waals surface area contributed by atoms with E-state index in [-0.39, 0.29) is 18.7 Å². The van der Waals surface area contributed by atoms with E-state index in [1.54, 1.807) is 0 Å². The van der Waals surface area contributed by atoms with Gasteiger partial charge in [0.05, 0.1) is 18.0 Å². The highest BCUT2D eigenvalue weighted by atomic mass is 35.5. The Labute approximate surface area is 196 Å². The van der Waals surface area contributed by atoms with Gasteiger partial charge in [-0.3, -0.25) is 4.79 Å². The van der Waals surface area contributed by atoms with Crippen LogP contribution >= 0.6 is 11.6 Å². The molecule has 0 amide bonds. The van der Waals surface area contributed by atoms with Crippen molar-refractivity contribution in [1.82, 2.24) is 9.97 Å². The molecule has 0 aliphatic carbocycles. The number of rotatable bonds is 6. The minimum Gasteiger partial charge on any atom is -0.466 e. The van der Waals surface area contributed by atoms with Crippen LogP contribution in [-0.4, -0.2) is 42.4 Å². The molecule has 0 radical (unpaired) electrons. The molecule has 0 bridgehead atoms. The lowest BCUT2D eigenvalue weighted by Gasteiger charge is -2.31. The van der Waals surface area contributed by atoms with Crippen molar-refractivity contribution in [3.8, 4) is 11.5 Å². The second-order valence-electron chi connectivity index (χ2n) is 8.09. The first-order valence-electron chi connectivity index (χ1n) is 11.1. The van der Waals surface area contributed by atoms with Crippen molar-refractivity contribution < 1.29 is 19.0 Å². The predicted molar refractivity (Wildman–Crippen MR) is 126 cm³/mol. The van der Waals surface area contributed by atoms with Crippen LogP contribution in [0.2, 0.25) is 5.02 Å². The van der Waals surface area contributed by atoms with Crippen LogP contribution < -0.4 is 19.7 Å². The van der Waals surface area contributed by atoms with Crippen LogP contribution in [0.4, 0.5) is 11.8 Å². The number of anilines is 2. The van der Waals surface area contributed by atoms with Gasteiger partial charge in [-0.25, -0.2) is 4.98 Å². The monoisotopic (exact) mass is 468 g/mol. The van der Waals surface area contributed by atoms with E-state index in [1.807, 2.05) is 43.3 Å². The van der Waals surface area contributed by atoms with E-state index in [0.717, 1.165) is 40.8 Å². The van der Waals surface area contributed by atoms with Gasteiger partial charge in [-0.1, -0.05) is 17.7 Å². The minimum atomic E-state index is -0.114. The lowest BCUT2D eigenvalue weighted by atomic mass is 9.97. The summed E-state index contributed by atoms with van der Waals surface area (Å²) in [4.78, 5) is 23.8.